The first kappa shape index (κ1) is 18.5. The van der Waals surface area contributed by atoms with Crippen LogP contribution in [0.1, 0.15) is 50.5 Å². The van der Waals surface area contributed by atoms with E-state index in [0.717, 1.165) is 25.8 Å². The molecule has 1 aliphatic heterocycles. The van der Waals surface area contributed by atoms with Gasteiger partial charge in [-0.25, -0.2) is 4.79 Å². The number of aromatic amines is 1. The average Bonchev–Trinajstić information content (AvgIpc) is 3.04. The van der Waals surface area contributed by atoms with Gasteiger partial charge < -0.3 is 19.4 Å². The van der Waals surface area contributed by atoms with Gasteiger partial charge in [0.2, 0.25) is 5.78 Å². The third kappa shape index (κ3) is 6.00. The van der Waals surface area contributed by atoms with E-state index in [1.54, 1.807) is 23.2 Å². The zero-order valence-corrected chi connectivity index (χ0v) is 14.8. The molecule has 1 atom stereocenters. The molecule has 1 saturated heterocycles. The van der Waals surface area contributed by atoms with Crippen molar-refractivity contribution in [2.75, 3.05) is 26.3 Å². The van der Waals surface area contributed by atoms with Crippen molar-refractivity contribution >= 4 is 11.9 Å². The molecule has 0 bridgehead atoms. The molecule has 134 valence electrons. The lowest BCUT2D eigenvalue weighted by Crippen LogP contribution is -2.43. The predicted octanol–water partition coefficient (Wildman–Crippen LogP) is 3.25. The number of amides is 1. The average molecular weight is 336 g/mol. The number of aromatic nitrogens is 1. The number of carbonyl (C=O) groups is 2. The highest BCUT2D eigenvalue weighted by Gasteiger charge is 2.27. The molecule has 0 aromatic carbocycles. The lowest BCUT2D eigenvalue weighted by Gasteiger charge is -2.34. The molecule has 1 aliphatic rings. The number of hydrogen-bond donors (Lipinski definition) is 1. The summed E-state index contributed by atoms with van der Waals surface area (Å²) in [6.45, 7) is 7.69. The van der Waals surface area contributed by atoms with E-state index in [2.05, 4.69) is 4.98 Å². The molecule has 6 nitrogen and oxygen atoms in total. The Morgan fingerprint density at radius 1 is 1.38 bits per heavy atom. The van der Waals surface area contributed by atoms with Crippen LogP contribution in [0.4, 0.5) is 4.79 Å². The number of nitrogens with zero attached hydrogens (tertiary/aromatic N) is 1. The van der Waals surface area contributed by atoms with Crippen LogP contribution in [0, 0.1) is 5.92 Å². The maximum absolute atomic E-state index is 12.1. The van der Waals surface area contributed by atoms with Gasteiger partial charge in [-0.05, 0) is 58.1 Å². The molecule has 1 amide bonds. The van der Waals surface area contributed by atoms with Gasteiger partial charge in [-0.2, -0.15) is 0 Å². The van der Waals surface area contributed by atoms with E-state index >= 15 is 0 Å². The second-order valence-electron chi connectivity index (χ2n) is 7.28. The lowest BCUT2D eigenvalue weighted by molar-refractivity contribution is 0.0141. The van der Waals surface area contributed by atoms with E-state index in [1.807, 2.05) is 20.8 Å². The Morgan fingerprint density at radius 3 is 2.83 bits per heavy atom. The van der Waals surface area contributed by atoms with Gasteiger partial charge in [-0.3, -0.25) is 4.79 Å². The first-order valence-corrected chi connectivity index (χ1v) is 8.57. The summed E-state index contributed by atoms with van der Waals surface area (Å²) in [7, 11) is 0. The Morgan fingerprint density at radius 2 is 2.17 bits per heavy atom. The number of H-pyrrole nitrogens is 1. The predicted molar refractivity (Wildman–Crippen MR) is 91.1 cm³/mol. The van der Waals surface area contributed by atoms with E-state index in [1.165, 1.54) is 0 Å². The van der Waals surface area contributed by atoms with Gasteiger partial charge in [-0.15, -0.1) is 0 Å². The molecular weight excluding hydrogens is 308 g/mol. The molecule has 1 unspecified atom stereocenters. The fourth-order valence-corrected chi connectivity index (χ4v) is 2.79. The van der Waals surface area contributed by atoms with Gasteiger partial charge in [0.1, 0.15) is 12.2 Å². The van der Waals surface area contributed by atoms with Crippen molar-refractivity contribution in [1.29, 1.82) is 0 Å². The Hall–Kier alpha value is -1.82. The summed E-state index contributed by atoms with van der Waals surface area (Å²) in [4.78, 5) is 28.6. The maximum Gasteiger partial charge on any atom is 0.410 e. The number of nitrogens with one attached hydrogen (secondary N) is 1. The quantitative estimate of drug-likeness (QED) is 0.639. The molecule has 1 aromatic heterocycles. The molecule has 0 aliphatic carbocycles. The number of ketones is 1. The van der Waals surface area contributed by atoms with Crippen LogP contribution in [-0.2, 0) is 9.47 Å². The third-order valence-corrected chi connectivity index (χ3v) is 3.97. The second kappa shape index (κ2) is 8.33. The van der Waals surface area contributed by atoms with E-state index < -0.39 is 5.60 Å². The summed E-state index contributed by atoms with van der Waals surface area (Å²) < 4.78 is 10.9. The molecule has 0 saturated carbocycles. The van der Waals surface area contributed by atoms with Crippen LogP contribution in [0.5, 0.6) is 0 Å². The Labute approximate surface area is 143 Å². The fourth-order valence-electron chi connectivity index (χ4n) is 2.79. The summed E-state index contributed by atoms with van der Waals surface area (Å²) >= 11 is 0. The SMILES string of the molecule is CC(C)(C)OC(=O)N1CCCC(CCOCC(=O)c2ccc[nH]2)C1. The standard InChI is InChI=1S/C18H28N2O4/c1-18(2,3)24-17(22)20-10-5-6-14(12-20)8-11-23-13-16(21)15-7-4-9-19-15/h4,7,9,14,19H,5-6,8,10-13H2,1-3H3. The lowest BCUT2D eigenvalue weighted by atomic mass is 9.95. The number of hydrogen-bond acceptors (Lipinski definition) is 4. The molecule has 1 fully saturated rings. The minimum absolute atomic E-state index is 0.0426. The van der Waals surface area contributed by atoms with E-state index in [4.69, 9.17) is 9.47 Å². The number of ether oxygens (including phenoxy) is 2. The zero-order chi connectivity index (χ0) is 17.6. The van der Waals surface area contributed by atoms with Crippen molar-refractivity contribution in [2.24, 2.45) is 5.92 Å². The van der Waals surface area contributed by atoms with Gasteiger partial charge in [0, 0.05) is 25.9 Å². The number of rotatable bonds is 6. The monoisotopic (exact) mass is 336 g/mol. The summed E-state index contributed by atoms with van der Waals surface area (Å²) in [5.41, 5.74) is 0.106. The molecule has 0 spiro atoms. The van der Waals surface area contributed by atoms with Crippen LogP contribution in [0.3, 0.4) is 0 Å². The number of piperidine rings is 1. The van der Waals surface area contributed by atoms with Crippen molar-refractivity contribution in [2.45, 2.75) is 45.6 Å². The second-order valence-corrected chi connectivity index (χ2v) is 7.28. The van der Waals surface area contributed by atoms with Crippen LogP contribution in [0.2, 0.25) is 0 Å². The maximum atomic E-state index is 12.1. The van der Waals surface area contributed by atoms with Crippen molar-refractivity contribution in [3.63, 3.8) is 0 Å². The molecular formula is C18H28N2O4. The summed E-state index contributed by atoms with van der Waals surface area (Å²) in [5, 5.41) is 0. The number of carbonyl (C=O) groups excluding carboxylic acids is 2. The van der Waals surface area contributed by atoms with E-state index in [0.29, 0.717) is 24.8 Å². The molecule has 6 heteroatoms. The van der Waals surface area contributed by atoms with Crippen LogP contribution in [0.15, 0.2) is 18.3 Å². The van der Waals surface area contributed by atoms with Crippen molar-refractivity contribution in [1.82, 2.24) is 9.88 Å². The van der Waals surface area contributed by atoms with Crippen LogP contribution >= 0.6 is 0 Å². The molecule has 2 heterocycles. The van der Waals surface area contributed by atoms with Crippen molar-refractivity contribution in [3.8, 4) is 0 Å². The first-order valence-electron chi connectivity index (χ1n) is 8.57. The minimum atomic E-state index is -0.467. The topological polar surface area (TPSA) is 71.6 Å². The van der Waals surface area contributed by atoms with Crippen molar-refractivity contribution < 1.29 is 19.1 Å². The van der Waals surface area contributed by atoms with Gasteiger partial charge in [0.25, 0.3) is 0 Å². The third-order valence-electron chi connectivity index (χ3n) is 3.97. The van der Waals surface area contributed by atoms with E-state index in [9.17, 15) is 9.59 Å². The highest BCUT2D eigenvalue weighted by Crippen LogP contribution is 2.21. The Bertz CT molecular complexity index is 534. The minimum Gasteiger partial charge on any atom is -0.444 e. The van der Waals surface area contributed by atoms with Gasteiger partial charge in [0.15, 0.2) is 0 Å². The molecule has 1 N–H and O–H groups in total. The van der Waals surface area contributed by atoms with Crippen LogP contribution < -0.4 is 0 Å². The highest BCUT2D eigenvalue weighted by molar-refractivity contribution is 5.95. The fraction of sp³-hybridized carbons (Fsp3) is 0.667. The number of Topliss-reactive ketones (excluding diaryl/α,β-unsaturated/α-hetero) is 1. The summed E-state index contributed by atoms with van der Waals surface area (Å²) in [6.07, 6.45) is 4.38. The Balaban J connectivity index is 1.67. The molecule has 2 rings (SSSR count). The van der Waals surface area contributed by atoms with Gasteiger partial charge in [0.05, 0.1) is 5.69 Å². The molecule has 24 heavy (non-hydrogen) atoms. The van der Waals surface area contributed by atoms with Crippen LogP contribution in [0.25, 0.3) is 0 Å². The first-order chi connectivity index (χ1) is 11.3. The smallest absolute Gasteiger partial charge is 0.410 e. The van der Waals surface area contributed by atoms with E-state index in [-0.39, 0.29) is 18.5 Å². The van der Waals surface area contributed by atoms with Gasteiger partial charge >= 0.3 is 6.09 Å². The molecule has 1 aromatic rings. The zero-order valence-electron chi connectivity index (χ0n) is 14.8. The Kier molecular flexibility index (Phi) is 6.43. The normalized spacial score (nSPS) is 18.5. The van der Waals surface area contributed by atoms with Crippen molar-refractivity contribution in [3.05, 3.63) is 24.0 Å². The summed E-state index contributed by atoms with van der Waals surface area (Å²) in [5.74, 6) is 0.353. The van der Waals surface area contributed by atoms with Gasteiger partial charge in [-0.1, -0.05) is 0 Å². The number of likely N-dealkylation sites (tertiary alicyclic amines) is 1. The van der Waals surface area contributed by atoms with Crippen LogP contribution in [-0.4, -0.2) is 53.7 Å². The largest absolute Gasteiger partial charge is 0.444 e. The molecule has 0 radical (unpaired) electrons. The summed E-state index contributed by atoms with van der Waals surface area (Å²) in [6, 6.07) is 3.53. The highest BCUT2D eigenvalue weighted by atomic mass is 16.6.